The number of unbranched alkanes of at least 4 members (excludes halogenated alkanes) is 1. The number of nitrogens with one attached hydrogen (secondary N) is 8. The molecule has 19 N–H and O–H groups in total. The number of phenolic OH excluding ortho intramolecular Hbond substituents is 6. The zero-order valence-corrected chi connectivity index (χ0v) is 51.0. The molecule has 5 aliphatic rings. The van der Waals surface area contributed by atoms with Gasteiger partial charge in [-0.3, -0.25) is 33.6 Å². The van der Waals surface area contributed by atoms with Crippen LogP contribution in [0.5, 0.6) is 69.0 Å². The van der Waals surface area contributed by atoms with Crippen molar-refractivity contribution in [1.29, 1.82) is 0 Å². The molecule has 27 nitrogen and oxygen atoms in total. The number of amides is 7. The molecule has 12 rings (SSSR count). The summed E-state index contributed by atoms with van der Waals surface area (Å²) < 4.78 is 18.5. The number of hydrogen-bond donors (Lipinski definition) is 17. The number of hydrogen-bond acceptors (Lipinski definition) is 20. The molecule has 7 amide bonds. The normalized spacial score (nSPS) is 20.0. The van der Waals surface area contributed by atoms with E-state index in [9.17, 15) is 50.1 Å². The summed E-state index contributed by atoms with van der Waals surface area (Å²) >= 11 is 13.8. The number of ether oxygens (including phenoxy) is 3. The number of phenols is 6. The summed E-state index contributed by atoms with van der Waals surface area (Å²) in [4.78, 5) is 105. The summed E-state index contributed by atoms with van der Waals surface area (Å²) in [5, 5.41) is 99.4. The first-order valence-electron chi connectivity index (χ1n) is 29.4. The molecule has 7 aromatic carbocycles. The third-order valence-electron chi connectivity index (χ3n) is 15.5. The van der Waals surface area contributed by atoms with E-state index in [0.717, 1.165) is 67.1 Å². The van der Waals surface area contributed by atoms with Crippen molar-refractivity contribution in [2.45, 2.75) is 74.1 Å². The van der Waals surface area contributed by atoms with Crippen molar-refractivity contribution in [2.24, 2.45) is 11.5 Å². The molecule has 0 saturated heterocycles. The van der Waals surface area contributed by atoms with Gasteiger partial charge in [0, 0.05) is 25.1 Å². The number of nitrogens with two attached hydrogens (primary N) is 2. The average Bonchev–Trinajstić information content (AvgIpc) is 0.854. The molecular formula is C65H64Cl2N10O17. The fraction of sp³-hybridized carbons (Fsp3) is 0.246. The Balaban J connectivity index is 1.10. The lowest BCUT2D eigenvalue weighted by molar-refractivity contribution is -0.137. The Bertz CT molecular complexity index is 4070. The fourth-order valence-electron chi connectivity index (χ4n) is 10.7. The van der Waals surface area contributed by atoms with Gasteiger partial charge in [-0.05, 0) is 163 Å². The third-order valence-corrected chi connectivity index (χ3v) is 16.1. The number of aliphatic hydroxyl groups is 1. The number of halogens is 2. The topological polar surface area (TPSA) is 437 Å². The quantitative estimate of drug-likeness (QED) is 0.0692. The zero-order valence-electron chi connectivity index (χ0n) is 49.5. The Morgan fingerprint density at radius 2 is 1.10 bits per heavy atom. The van der Waals surface area contributed by atoms with E-state index in [1.807, 2.05) is 0 Å². The van der Waals surface area contributed by atoms with Crippen molar-refractivity contribution in [3.05, 3.63) is 176 Å². The smallest absolute Gasteiger partial charge is 0.248 e. The van der Waals surface area contributed by atoms with Crippen LogP contribution in [0.25, 0.3) is 0 Å². The molecule has 94 heavy (non-hydrogen) atoms. The highest BCUT2D eigenvalue weighted by atomic mass is 35.5. The second-order valence-electron chi connectivity index (χ2n) is 22.3. The van der Waals surface area contributed by atoms with E-state index >= 15 is 19.2 Å². The van der Waals surface area contributed by atoms with E-state index in [2.05, 4.69) is 42.5 Å². The van der Waals surface area contributed by atoms with Crippen molar-refractivity contribution < 1.29 is 83.5 Å². The van der Waals surface area contributed by atoms with Crippen LogP contribution in [-0.2, 0) is 40.0 Å². The molecule has 0 fully saturated rings. The molecule has 7 aromatic rings. The molecule has 29 heteroatoms. The van der Waals surface area contributed by atoms with Gasteiger partial charge in [-0.1, -0.05) is 53.5 Å². The van der Waals surface area contributed by atoms with Gasteiger partial charge in [0.05, 0.1) is 10.0 Å². The van der Waals surface area contributed by atoms with Gasteiger partial charge in [-0.25, -0.2) is 0 Å². The lowest BCUT2D eigenvalue weighted by atomic mass is 9.97. The van der Waals surface area contributed by atoms with Gasteiger partial charge >= 0.3 is 0 Å². The minimum absolute atomic E-state index is 0.0931. The molecule has 8 atom stereocenters. The number of benzene rings is 7. The number of carbonyl (C=O) groups is 7. The molecule has 0 aromatic heterocycles. The number of carbonyl (C=O) groups excluding carboxylic acids is 7. The van der Waals surface area contributed by atoms with Crippen LogP contribution in [0.4, 0.5) is 0 Å². The Labute approximate surface area is 545 Å². The van der Waals surface area contributed by atoms with Crippen LogP contribution < -0.4 is 68.2 Å². The highest BCUT2D eigenvalue weighted by Gasteiger charge is 2.40. The monoisotopic (exact) mass is 1330 g/mol. The number of fused-ring (bicyclic) bond motifs is 15. The molecule has 0 spiro atoms. The Morgan fingerprint density at radius 1 is 0.532 bits per heavy atom. The van der Waals surface area contributed by atoms with E-state index in [1.54, 1.807) is 0 Å². The first kappa shape index (κ1) is 66.4. The molecule has 5 heterocycles. The van der Waals surface area contributed by atoms with E-state index in [4.69, 9.17) is 48.9 Å². The van der Waals surface area contributed by atoms with Crippen LogP contribution in [0.2, 0.25) is 10.0 Å². The van der Waals surface area contributed by atoms with Gasteiger partial charge in [-0.2, -0.15) is 0 Å². The van der Waals surface area contributed by atoms with Crippen LogP contribution >= 0.6 is 23.2 Å². The van der Waals surface area contributed by atoms with Crippen LogP contribution in [-0.4, -0.2) is 115 Å². The second-order valence-corrected chi connectivity index (χ2v) is 23.1. The van der Waals surface area contributed by atoms with Crippen molar-refractivity contribution in [3.63, 3.8) is 0 Å². The molecule has 0 aliphatic carbocycles. The van der Waals surface area contributed by atoms with Crippen molar-refractivity contribution in [1.82, 2.24) is 42.5 Å². The summed E-state index contributed by atoms with van der Waals surface area (Å²) in [6, 6.07) is 12.2. The largest absolute Gasteiger partial charge is 0.508 e. The SMILES string of the molecule is NCCCNCCCCNC(=O)[C@@H](NC(=O)[C@H]1NC(=O)[C@@H](c2ccc(O)cc2)NC(=O)[C@@H]2NC(=O)[C@H]3NC(=O)[C@@H](Cc4ccc(c(Cl)c4)Oc4cc2cc(c4O)Oc2ccc(cc2Cl)[C@H]1O)NC(=O)[C@H](N)c1ccc(O)c(c1)Oc1cc(O)cc3c1)c1cc(O)cc(O)c1. The number of rotatable bonds is 13. The Hall–Kier alpha value is -10.6. The molecule has 5 aliphatic heterocycles. The first-order valence-corrected chi connectivity index (χ1v) is 30.2. The fourth-order valence-corrected chi connectivity index (χ4v) is 11.1. The van der Waals surface area contributed by atoms with Crippen molar-refractivity contribution in [2.75, 3.05) is 26.2 Å². The summed E-state index contributed by atoms with van der Waals surface area (Å²) in [7, 11) is 0. The summed E-state index contributed by atoms with van der Waals surface area (Å²) in [5.74, 6) is -12.6. The maximum atomic E-state index is 15.7. The van der Waals surface area contributed by atoms with Gasteiger partial charge in [0.1, 0.15) is 88.6 Å². The van der Waals surface area contributed by atoms with Gasteiger partial charge in [0.25, 0.3) is 0 Å². The number of aliphatic hydroxyl groups excluding tert-OH is 1. The molecule has 0 unspecified atom stereocenters. The summed E-state index contributed by atoms with van der Waals surface area (Å²) in [6.45, 7) is 1.88. The van der Waals surface area contributed by atoms with Gasteiger partial charge < -0.3 is 104 Å². The predicted molar refractivity (Wildman–Crippen MR) is 337 cm³/mol. The third kappa shape index (κ3) is 15.5. The minimum atomic E-state index is -2.15. The van der Waals surface area contributed by atoms with E-state index < -0.39 is 130 Å². The second kappa shape index (κ2) is 29.0. The highest BCUT2D eigenvalue weighted by Crippen LogP contribution is 2.47. The van der Waals surface area contributed by atoms with Gasteiger partial charge in [-0.15, -0.1) is 0 Å². The minimum Gasteiger partial charge on any atom is -0.508 e. The molecule has 0 radical (unpaired) electrons. The van der Waals surface area contributed by atoms with Crippen molar-refractivity contribution in [3.8, 4) is 69.0 Å². The summed E-state index contributed by atoms with van der Waals surface area (Å²) in [5.41, 5.74) is 11.6. The highest BCUT2D eigenvalue weighted by molar-refractivity contribution is 6.32. The van der Waals surface area contributed by atoms with E-state index in [0.29, 0.717) is 38.0 Å². The molecule has 0 saturated carbocycles. The Kier molecular flexibility index (Phi) is 20.4. The van der Waals surface area contributed by atoms with E-state index in [-0.39, 0.29) is 85.1 Å². The van der Waals surface area contributed by atoms with Crippen molar-refractivity contribution >= 4 is 64.6 Å². The summed E-state index contributed by atoms with van der Waals surface area (Å²) in [6.07, 6.45) is -0.583. The van der Waals surface area contributed by atoms with Crippen LogP contribution in [0, 0.1) is 0 Å². The van der Waals surface area contributed by atoms with Gasteiger partial charge in [0.2, 0.25) is 47.1 Å². The standard InChI is InChI=1S/C65H64Cl2N10O17/c66-42-18-30-4-12-46(42)93-49-26-36-27-50(58(49)84)94-47-13-8-33(24-43(47)67)57(83)56(65(91)75-53(34-20-38(79)28-39(80)21-34)61(87)71-17-2-1-15-70-16-3-14-68)77-62(88)52(31-5-9-37(78)10-6-31)74-64(90)55(36)76-63(89)54-35-22-40(81)29-41(23-35)92-48-25-32(7-11-45(48)82)51(69)60(86)72-44(19-30)59(85)73-54/h4-13,18,20-29,44,51-57,70,78-84H,1-3,14-17,19,68-69H2,(H,71,87)(H,72,86)(H,73,85)(H,74,90)(H,75,91)(H,76,89)(H,77,88)/t44-,51-,52-,53+,54+,55-,56+,57-/m1/s1. The first-order chi connectivity index (χ1) is 45.0. The van der Waals surface area contributed by atoms with Crippen LogP contribution in [0.1, 0.15) is 94.5 Å². The molecule has 490 valence electrons. The Morgan fingerprint density at radius 3 is 1.76 bits per heavy atom. The molecular weight excluding hydrogens is 1260 g/mol. The lowest BCUT2D eigenvalue weighted by Crippen LogP contribution is -2.55. The number of aromatic hydroxyl groups is 6. The zero-order chi connectivity index (χ0) is 67.1. The van der Waals surface area contributed by atoms with Crippen LogP contribution in [0.3, 0.4) is 0 Å². The average molecular weight is 1330 g/mol. The maximum absolute atomic E-state index is 15.7. The van der Waals surface area contributed by atoms with Crippen LogP contribution in [0.15, 0.2) is 127 Å². The predicted octanol–water partition coefficient (Wildman–Crippen LogP) is 4.75. The van der Waals surface area contributed by atoms with Gasteiger partial charge in [0.15, 0.2) is 23.0 Å². The van der Waals surface area contributed by atoms with E-state index in [1.165, 1.54) is 66.7 Å². The molecule has 13 bridgehead atoms. The lowest BCUT2D eigenvalue weighted by Gasteiger charge is -2.30. The maximum Gasteiger partial charge on any atom is 0.248 e.